The highest BCUT2D eigenvalue weighted by Gasteiger charge is 2.17. The second-order valence-electron chi connectivity index (χ2n) is 5.07. The Morgan fingerprint density at radius 2 is 1.86 bits per heavy atom. The van der Waals surface area contributed by atoms with Crippen molar-refractivity contribution in [3.63, 3.8) is 0 Å². The third-order valence-corrected chi connectivity index (χ3v) is 3.06. The molecule has 3 N–H and O–H groups in total. The molecular formula is C16H21NO4. The molecule has 5 heteroatoms. The first-order chi connectivity index (χ1) is 9.93. The minimum absolute atomic E-state index is 0.0159. The SMILES string of the molecule is CC(C)c1ccc(/C=C/C(=O)N[C@@H](CCO)C(=O)O)cc1. The molecule has 0 aliphatic rings. The highest BCUT2D eigenvalue weighted by Crippen LogP contribution is 2.15. The van der Waals surface area contributed by atoms with Gasteiger partial charge in [-0.1, -0.05) is 38.1 Å². The predicted octanol–water partition coefficient (Wildman–Crippen LogP) is 1.78. The van der Waals surface area contributed by atoms with E-state index in [4.69, 9.17) is 10.2 Å². The molecule has 1 atom stereocenters. The van der Waals surface area contributed by atoms with E-state index in [1.165, 1.54) is 11.6 Å². The van der Waals surface area contributed by atoms with Crippen molar-refractivity contribution in [2.75, 3.05) is 6.61 Å². The van der Waals surface area contributed by atoms with Gasteiger partial charge in [-0.15, -0.1) is 0 Å². The zero-order valence-electron chi connectivity index (χ0n) is 12.2. The van der Waals surface area contributed by atoms with Crippen LogP contribution in [-0.4, -0.2) is 34.7 Å². The first-order valence-electron chi connectivity index (χ1n) is 6.86. The van der Waals surface area contributed by atoms with E-state index in [1.54, 1.807) is 6.08 Å². The van der Waals surface area contributed by atoms with Crippen molar-refractivity contribution in [2.45, 2.75) is 32.2 Å². The molecule has 1 rings (SSSR count). The molecule has 0 spiro atoms. The fraction of sp³-hybridized carbons (Fsp3) is 0.375. The lowest BCUT2D eigenvalue weighted by Gasteiger charge is -2.11. The highest BCUT2D eigenvalue weighted by molar-refractivity contribution is 5.94. The Morgan fingerprint density at radius 3 is 2.33 bits per heavy atom. The summed E-state index contributed by atoms with van der Waals surface area (Å²) in [6, 6.07) is 6.72. The molecule has 1 aromatic rings. The standard InChI is InChI=1S/C16H21NO4/c1-11(2)13-6-3-12(4-7-13)5-8-15(19)17-14(9-10-18)16(20)21/h3-8,11,14,18H,9-10H2,1-2H3,(H,17,19)(H,20,21)/b8-5+/t14-/m0/s1. The fourth-order valence-corrected chi connectivity index (χ4v) is 1.77. The second-order valence-corrected chi connectivity index (χ2v) is 5.07. The van der Waals surface area contributed by atoms with E-state index >= 15 is 0 Å². The second kappa shape index (κ2) is 8.21. The van der Waals surface area contributed by atoms with E-state index in [1.807, 2.05) is 24.3 Å². The average Bonchev–Trinajstić information content (AvgIpc) is 2.45. The number of hydrogen-bond acceptors (Lipinski definition) is 3. The van der Waals surface area contributed by atoms with E-state index < -0.39 is 17.9 Å². The number of rotatable bonds is 7. The first kappa shape index (κ1) is 16.9. The summed E-state index contributed by atoms with van der Waals surface area (Å²) >= 11 is 0. The van der Waals surface area contributed by atoms with Gasteiger partial charge in [0.15, 0.2) is 0 Å². The van der Waals surface area contributed by atoms with Gasteiger partial charge in [-0.05, 0) is 23.1 Å². The van der Waals surface area contributed by atoms with E-state index in [9.17, 15) is 9.59 Å². The van der Waals surface area contributed by atoms with Crippen LogP contribution in [0.25, 0.3) is 6.08 Å². The van der Waals surface area contributed by atoms with Crippen molar-refractivity contribution in [1.82, 2.24) is 5.32 Å². The van der Waals surface area contributed by atoms with Crippen molar-refractivity contribution in [3.8, 4) is 0 Å². The van der Waals surface area contributed by atoms with Crippen LogP contribution in [-0.2, 0) is 9.59 Å². The summed E-state index contributed by atoms with van der Waals surface area (Å²) in [6.07, 6.45) is 2.90. The third kappa shape index (κ3) is 5.79. The average molecular weight is 291 g/mol. The molecular weight excluding hydrogens is 270 g/mol. The summed E-state index contributed by atoms with van der Waals surface area (Å²) in [5.41, 5.74) is 2.08. The molecule has 0 unspecified atom stereocenters. The van der Waals surface area contributed by atoms with Gasteiger partial charge in [0, 0.05) is 19.1 Å². The van der Waals surface area contributed by atoms with Crippen molar-refractivity contribution in [2.24, 2.45) is 0 Å². The maximum Gasteiger partial charge on any atom is 0.326 e. The summed E-state index contributed by atoms with van der Waals surface area (Å²) in [5.74, 6) is -1.21. The zero-order chi connectivity index (χ0) is 15.8. The van der Waals surface area contributed by atoms with Gasteiger partial charge < -0.3 is 15.5 Å². The molecule has 0 radical (unpaired) electrons. The molecule has 1 amide bonds. The number of nitrogens with one attached hydrogen (secondary N) is 1. The van der Waals surface area contributed by atoms with E-state index in [-0.39, 0.29) is 13.0 Å². The van der Waals surface area contributed by atoms with Crippen LogP contribution in [0, 0.1) is 0 Å². The molecule has 0 saturated carbocycles. The number of aliphatic carboxylic acids is 1. The molecule has 0 heterocycles. The number of benzene rings is 1. The number of hydrogen-bond donors (Lipinski definition) is 3. The molecule has 0 aliphatic carbocycles. The molecule has 0 aromatic heterocycles. The van der Waals surface area contributed by atoms with Gasteiger partial charge in [-0.3, -0.25) is 4.79 Å². The predicted molar refractivity (Wildman–Crippen MR) is 80.8 cm³/mol. The first-order valence-corrected chi connectivity index (χ1v) is 6.86. The third-order valence-electron chi connectivity index (χ3n) is 3.06. The number of carboxylic acids is 1. The van der Waals surface area contributed by atoms with Crippen LogP contribution in [0.15, 0.2) is 30.3 Å². The number of carboxylic acid groups (broad SMARTS) is 1. The largest absolute Gasteiger partial charge is 0.480 e. The van der Waals surface area contributed by atoms with Crippen molar-refractivity contribution >= 4 is 18.0 Å². The maximum atomic E-state index is 11.6. The smallest absolute Gasteiger partial charge is 0.326 e. The summed E-state index contributed by atoms with van der Waals surface area (Å²) in [4.78, 5) is 22.5. The minimum Gasteiger partial charge on any atom is -0.480 e. The van der Waals surface area contributed by atoms with Crippen LogP contribution >= 0.6 is 0 Å². The maximum absolute atomic E-state index is 11.6. The molecule has 0 bridgehead atoms. The quantitative estimate of drug-likeness (QED) is 0.668. The molecule has 5 nitrogen and oxygen atoms in total. The Bertz CT molecular complexity index is 506. The van der Waals surface area contributed by atoms with Crippen LogP contribution in [0.3, 0.4) is 0 Å². The van der Waals surface area contributed by atoms with Gasteiger partial charge >= 0.3 is 5.97 Å². The molecule has 114 valence electrons. The van der Waals surface area contributed by atoms with Gasteiger partial charge in [0.25, 0.3) is 0 Å². The van der Waals surface area contributed by atoms with E-state index in [2.05, 4.69) is 19.2 Å². The monoisotopic (exact) mass is 291 g/mol. The van der Waals surface area contributed by atoms with Crippen molar-refractivity contribution in [3.05, 3.63) is 41.5 Å². The molecule has 0 saturated heterocycles. The molecule has 0 fully saturated rings. The van der Waals surface area contributed by atoms with E-state index in [0.29, 0.717) is 5.92 Å². The number of carbonyl (C=O) groups is 2. The highest BCUT2D eigenvalue weighted by atomic mass is 16.4. The van der Waals surface area contributed by atoms with Crippen molar-refractivity contribution < 1.29 is 19.8 Å². The van der Waals surface area contributed by atoms with E-state index in [0.717, 1.165) is 5.56 Å². The Balaban J connectivity index is 2.62. The molecule has 21 heavy (non-hydrogen) atoms. The molecule has 1 aromatic carbocycles. The van der Waals surface area contributed by atoms with Gasteiger partial charge in [0.05, 0.1) is 0 Å². The Labute approximate surface area is 124 Å². The summed E-state index contributed by atoms with van der Waals surface area (Å²) in [6.45, 7) is 3.91. The lowest BCUT2D eigenvalue weighted by atomic mass is 10.0. The number of amides is 1. The number of carbonyl (C=O) groups excluding carboxylic acids is 1. The summed E-state index contributed by atoms with van der Waals surface area (Å²) in [7, 11) is 0. The number of aliphatic hydroxyl groups excluding tert-OH is 1. The van der Waals surface area contributed by atoms with Crippen LogP contribution in [0.2, 0.25) is 0 Å². The topological polar surface area (TPSA) is 86.6 Å². The fourth-order valence-electron chi connectivity index (χ4n) is 1.77. The Kier molecular flexibility index (Phi) is 6.62. The summed E-state index contributed by atoms with van der Waals surface area (Å²) < 4.78 is 0. The van der Waals surface area contributed by atoms with Crippen LogP contribution < -0.4 is 5.32 Å². The van der Waals surface area contributed by atoms with Crippen molar-refractivity contribution in [1.29, 1.82) is 0 Å². The Hall–Kier alpha value is -2.14. The van der Waals surface area contributed by atoms with Gasteiger partial charge in [-0.25, -0.2) is 4.79 Å². The van der Waals surface area contributed by atoms with Gasteiger partial charge in [0.1, 0.15) is 6.04 Å². The van der Waals surface area contributed by atoms with Crippen LogP contribution in [0.4, 0.5) is 0 Å². The minimum atomic E-state index is -1.16. The zero-order valence-corrected chi connectivity index (χ0v) is 12.2. The Morgan fingerprint density at radius 1 is 1.24 bits per heavy atom. The summed E-state index contributed by atoms with van der Waals surface area (Å²) in [5, 5.41) is 19.9. The van der Waals surface area contributed by atoms with Gasteiger partial charge in [0.2, 0.25) is 5.91 Å². The normalized spacial score (nSPS) is 12.6. The number of aliphatic hydroxyl groups is 1. The lowest BCUT2D eigenvalue weighted by Crippen LogP contribution is -2.40. The van der Waals surface area contributed by atoms with Crippen LogP contribution in [0.1, 0.15) is 37.3 Å². The van der Waals surface area contributed by atoms with Gasteiger partial charge in [-0.2, -0.15) is 0 Å². The molecule has 0 aliphatic heterocycles. The lowest BCUT2D eigenvalue weighted by molar-refractivity contribution is -0.141. The van der Waals surface area contributed by atoms with Crippen LogP contribution in [0.5, 0.6) is 0 Å².